The van der Waals surface area contributed by atoms with Crippen LogP contribution < -0.4 is 5.32 Å². The summed E-state index contributed by atoms with van der Waals surface area (Å²) in [6.07, 6.45) is 4.13. The van der Waals surface area contributed by atoms with Crippen molar-refractivity contribution < 1.29 is 18.0 Å². The number of carbonyl (C=O) groups is 2. The van der Waals surface area contributed by atoms with E-state index in [1.807, 2.05) is 18.4 Å². The molecule has 1 aromatic heterocycles. The maximum absolute atomic E-state index is 13.1. The Balaban J connectivity index is 1.53. The summed E-state index contributed by atoms with van der Waals surface area (Å²) in [5.74, 6) is -0.413. The molecule has 0 spiro atoms. The number of rotatable bonds is 5. The molecule has 2 aliphatic rings. The Kier molecular flexibility index (Phi) is 6.45. The molecule has 0 bridgehead atoms. The molecule has 2 aliphatic heterocycles. The van der Waals surface area contributed by atoms with E-state index in [9.17, 15) is 18.0 Å². The molecule has 0 radical (unpaired) electrons. The van der Waals surface area contributed by atoms with Gasteiger partial charge in [0, 0.05) is 25.3 Å². The number of likely N-dealkylation sites (tertiary alicyclic amines) is 1. The van der Waals surface area contributed by atoms with Crippen LogP contribution in [0.3, 0.4) is 0 Å². The summed E-state index contributed by atoms with van der Waals surface area (Å²) in [4.78, 5) is 28.2. The highest BCUT2D eigenvalue weighted by Crippen LogP contribution is 2.27. The van der Waals surface area contributed by atoms with Gasteiger partial charge in [-0.15, -0.1) is 11.3 Å². The lowest BCUT2D eigenvalue weighted by Gasteiger charge is -2.26. The van der Waals surface area contributed by atoms with Crippen LogP contribution in [-0.2, 0) is 14.8 Å². The third-order valence-electron chi connectivity index (χ3n) is 5.97. The molecule has 9 heteroatoms. The van der Waals surface area contributed by atoms with E-state index < -0.39 is 16.1 Å². The molecule has 1 N–H and O–H groups in total. The Morgan fingerprint density at radius 1 is 1.06 bits per heavy atom. The van der Waals surface area contributed by atoms with E-state index in [0.717, 1.165) is 31.2 Å². The molecule has 31 heavy (non-hydrogen) atoms. The summed E-state index contributed by atoms with van der Waals surface area (Å²) in [5, 5.41) is 4.73. The van der Waals surface area contributed by atoms with Crippen LogP contribution in [0.4, 0.5) is 5.69 Å². The number of piperidine rings is 1. The van der Waals surface area contributed by atoms with Crippen molar-refractivity contribution in [3.8, 4) is 0 Å². The number of hydrogen-bond donors (Lipinski definition) is 1. The first-order valence-corrected chi connectivity index (χ1v) is 13.0. The summed E-state index contributed by atoms with van der Waals surface area (Å²) in [5.41, 5.74) is 1.25. The third kappa shape index (κ3) is 4.53. The summed E-state index contributed by atoms with van der Waals surface area (Å²) in [6, 6.07) is 7.88. The van der Waals surface area contributed by atoms with E-state index in [2.05, 4.69) is 5.32 Å². The molecule has 2 saturated heterocycles. The van der Waals surface area contributed by atoms with Gasteiger partial charge in [-0.25, -0.2) is 8.42 Å². The van der Waals surface area contributed by atoms with Gasteiger partial charge in [0.25, 0.3) is 5.91 Å². The number of amides is 2. The molecular weight excluding hydrogens is 434 g/mol. The van der Waals surface area contributed by atoms with Crippen LogP contribution in [0.2, 0.25) is 0 Å². The SMILES string of the molecule is Cc1ccc(S(=O)(=O)N2CCCCC2)cc1NC(=O)[C@@H]1CCCN1C(=O)c1cccs1. The van der Waals surface area contributed by atoms with E-state index in [4.69, 9.17) is 0 Å². The molecule has 0 unspecified atom stereocenters. The first-order valence-electron chi connectivity index (χ1n) is 10.6. The number of aryl methyl sites for hydroxylation is 1. The molecule has 2 aromatic rings. The molecule has 1 aromatic carbocycles. The Labute approximate surface area is 187 Å². The molecule has 166 valence electrons. The van der Waals surface area contributed by atoms with Gasteiger partial charge in [-0.2, -0.15) is 4.31 Å². The zero-order valence-electron chi connectivity index (χ0n) is 17.5. The quantitative estimate of drug-likeness (QED) is 0.739. The smallest absolute Gasteiger partial charge is 0.264 e. The van der Waals surface area contributed by atoms with Gasteiger partial charge >= 0.3 is 0 Å². The number of sulfonamides is 1. The van der Waals surface area contributed by atoms with Crippen LogP contribution >= 0.6 is 11.3 Å². The van der Waals surface area contributed by atoms with Gasteiger partial charge in [-0.3, -0.25) is 9.59 Å². The van der Waals surface area contributed by atoms with Crippen LogP contribution in [0.15, 0.2) is 40.6 Å². The Bertz CT molecular complexity index is 1060. The van der Waals surface area contributed by atoms with Gasteiger partial charge in [0.1, 0.15) is 6.04 Å². The zero-order valence-corrected chi connectivity index (χ0v) is 19.2. The first kappa shape index (κ1) is 22.0. The van der Waals surface area contributed by atoms with Crippen LogP contribution in [0.1, 0.15) is 47.3 Å². The molecule has 4 rings (SSSR count). The van der Waals surface area contributed by atoms with Crippen LogP contribution in [0.25, 0.3) is 0 Å². The number of hydrogen-bond acceptors (Lipinski definition) is 5. The van der Waals surface area contributed by atoms with Crippen molar-refractivity contribution in [1.82, 2.24) is 9.21 Å². The minimum atomic E-state index is -3.59. The number of nitrogens with one attached hydrogen (secondary N) is 1. The highest BCUT2D eigenvalue weighted by molar-refractivity contribution is 7.89. The Hall–Kier alpha value is -2.23. The number of nitrogens with zero attached hydrogens (tertiary/aromatic N) is 2. The van der Waals surface area contributed by atoms with Gasteiger partial charge in [-0.05, 0) is 61.7 Å². The number of thiophene rings is 1. The van der Waals surface area contributed by atoms with Crippen LogP contribution in [0.5, 0.6) is 0 Å². The molecule has 7 nitrogen and oxygen atoms in total. The van der Waals surface area contributed by atoms with Gasteiger partial charge in [-0.1, -0.05) is 18.6 Å². The molecule has 2 amide bonds. The Morgan fingerprint density at radius 2 is 1.84 bits per heavy atom. The number of carbonyl (C=O) groups excluding carboxylic acids is 2. The van der Waals surface area contributed by atoms with Gasteiger partial charge in [0.15, 0.2) is 0 Å². The first-order chi connectivity index (χ1) is 14.9. The fourth-order valence-electron chi connectivity index (χ4n) is 4.19. The van der Waals surface area contributed by atoms with Gasteiger partial charge in [0.2, 0.25) is 15.9 Å². The molecule has 1 atom stereocenters. The molecule has 0 aliphatic carbocycles. The summed E-state index contributed by atoms with van der Waals surface area (Å²) >= 11 is 1.36. The number of benzene rings is 1. The average Bonchev–Trinajstić information content (AvgIpc) is 3.47. The maximum Gasteiger partial charge on any atom is 0.264 e. The topological polar surface area (TPSA) is 86.8 Å². The zero-order chi connectivity index (χ0) is 22.0. The van der Waals surface area contributed by atoms with Gasteiger partial charge in [0.05, 0.1) is 9.77 Å². The molecule has 0 saturated carbocycles. The fraction of sp³-hybridized carbons (Fsp3) is 0.455. The summed E-state index contributed by atoms with van der Waals surface area (Å²) in [6.45, 7) is 3.42. The lowest BCUT2D eigenvalue weighted by Crippen LogP contribution is -2.43. The van der Waals surface area contributed by atoms with Crippen molar-refractivity contribution in [2.75, 3.05) is 25.0 Å². The standard InChI is InChI=1S/C22H27N3O4S2/c1-16-9-10-17(31(28,29)24-11-3-2-4-12-24)15-18(16)23-21(26)19-7-5-13-25(19)22(27)20-8-6-14-30-20/h6,8-10,14-15,19H,2-5,7,11-13H2,1H3,(H,23,26)/t19-/m0/s1. The van der Waals surface area contributed by atoms with Crippen LogP contribution in [0, 0.1) is 6.92 Å². The van der Waals surface area contributed by atoms with Crippen LogP contribution in [-0.4, -0.2) is 55.1 Å². The average molecular weight is 462 g/mol. The fourth-order valence-corrected chi connectivity index (χ4v) is 6.41. The second kappa shape index (κ2) is 9.10. The van der Waals surface area contributed by atoms with Gasteiger partial charge < -0.3 is 10.2 Å². The third-order valence-corrected chi connectivity index (χ3v) is 8.72. The molecule has 3 heterocycles. The summed E-state index contributed by atoms with van der Waals surface area (Å²) < 4.78 is 27.6. The summed E-state index contributed by atoms with van der Waals surface area (Å²) in [7, 11) is -3.59. The maximum atomic E-state index is 13.1. The van der Waals surface area contributed by atoms with Crippen molar-refractivity contribution in [2.24, 2.45) is 0 Å². The van der Waals surface area contributed by atoms with Crippen molar-refractivity contribution in [1.29, 1.82) is 0 Å². The predicted molar refractivity (Wildman–Crippen MR) is 121 cm³/mol. The van der Waals surface area contributed by atoms with Crippen molar-refractivity contribution in [3.05, 3.63) is 46.2 Å². The van der Waals surface area contributed by atoms with Crippen molar-refractivity contribution in [3.63, 3.8) is 0 Å². The largest absolute Gasteiger partial charge is 0.326 e. The highest BCUT2D eigenvalue weighted by Gasteiger charge is 2.35. The van der Waals surface area contributed by atoms with E-state index >= 15 is 0 Å². The molecule has 2 fully saturated rings. The Morgan fingerprint density at radius 3 is 2.55 bits per heavy atom. The molecular formula is C22H27N3O4S2. The van der Waals surface area contributed by atoms with Crippen molar-refractivity contribution >= 4 is 38.9 Å². The normalized spacial score (nSPS) is 20.0. The van der Waals surface area contributed by atoms with E-state index in [0.29, 0.717) is 36.6 Å². The lowest BCUT2D eigenvalue weighted by atomic mass is 10.1. The van der Waals surface area contributed by atoms with E-state index in [1.54, 1.807) is 23.1 Å². The van der Waals surface area contributed by atoms with E-state index in [-0.39, 0.29) is 16.7 Å². The van der Waals surface area contributed by atoms with Crippen molar-refractivity contribution in [2.45, 2.75) is 50.0 Å². The minimum Gasteiger partial charge on any atom is -0.326 e. The predicted octanol–water partition coefficient (Wildman–Crippen LogP) is 3.47. The minimum absolute atomic E-state index is 0.134. The monoisotopic (exact) mass is 461 g/mol. The van der Waals surface area contributed by atoms with E-state index in [1.165, 1.54) is 21.7 Å². The number of anilines is 1. The lowest BCUT2D eigenvalue weighted by molar-refractivity contribution is -0.119. The highest BCUT2D eigenvalue weighted by atomic mass is 32.2. The second-order valence-corrected chi connectivity index (χ2v) is 11.0. The second-order valence-electron chi connectivity index (χ2n) is 8.06.